The van der Waals surface area contributed by atoms with Gasteiger partial charge in [-0.3, -0.25) is 14.6 Å². The third-order valence-corrected chi connectivity index (χ3v) is 4.15. The summed E-state index contributed by atoms with van der Waals surface area (Å²) < 4.78 is 0. The first-order valence-corrected chi connectivity index (χ1v) is 7.72. The first kappa shape index (κ1) is 15.3. The number of aryl methyl sites for hydroxylation is 1. The predicted molar refractivity (Wildman–Crippen MR) is 88.8 cm³/mol. The van der Waals surface area contributed by atoms with Gasteiger partial charge in [0.2, 0.25) is 5.56 Å². The molecular formula is C17H20N4O2. The molecule has 1 aliphatic heterocycles. The van der Waals surface area contributed by atoms with Crippen molar-refractivity contribution in [2.45, 2.75) is 19.3 Å². The van der Waals surface area contributed by atoms with E-state index in [2.05, 4.69) is 15.3 Å². The number of pyridine rings is 2. The molecule has 1 atom stereocenters. The van der Waals surface area contributed by atoms with Crippen molar-refractivity contribution in [1.82, 2.24) is 14.9 Å². The molecule has 1 saturated heterocycles. The molecular weight excluding hydrogens is 292 g/mol. The second-order valence-corrected chi connectivity index (χ2v) is 5.84. The van der Waals surface area contributed by atoms with Crippen molar-refractivity contribution in [2.75, 3.05) is 25.5 Å². The van der Waals surface area contributed by atoms with Crippen LogP contribution in [-0.4, -0.2) is 40.9 Å². The molecule has 1 aliphatic rings. The summed E-state index contributed by atoms with van der Waals surface area (Å²) in [6.07, 6.45) is 0.877. The number of H-pyrrole nitrogens is 1. The van der Waals surface area contributed by atoms with Crippen LogP contribution in [0.25, 0.3) is 0 Å². The minimum absolute atomic E-state index is 0.133. The summed E-state index contributed by atoms with van der Waals surface area (Å²) in [5, 5.41) is 3.14. The topological polar surface area (TPSA) is 78.1 Å². The van der Waals surface area contributed by atoms with Gasteiger partial charge in [0, 0.05) is 49.2 Å². The van der Waals surface area contributed by atoms with Gasteiger partial charge >= 0.3 is 0 Å². The van der Waals surface area contributed by atoms with Crippen LogP contribution in [0.5, 0.6) is 0 Å². The maximum Gasteiger partial charge on any atom is 0.270 e. The van der Waals surface area contributed by atoms with Gasteiger partial charge in [0.15, 0.2) is 0 Å². The molecule has 6 heteroatoms. The molecule has 1 fully saturated rings. The van der Waals surface area contributed by atoms with Gasteiger partial charge in [-0.2, -0.15) is 0 Å². The number of hydrogen-bond acceptors (Lipinski definition) is 4. The van der Waals surface area contributed by atoms with Crippen molar-refractivity contribution >= 4 is 11.6 Å². The van der Waals surface area contributed by atoms with Crippen LogP contribution in [0.2, 0.25) is 0 Å². The summed E-state index contributed by atoms with van der Waals surface area (Å²) >= 11 is 0. The fraction of sp³-hybridized carbons (Fsp3) is 0.353. The van der Waals surface area contributed by atoms with E-state index in [1.54, 1.807) is 17.0 Å². The Kier molecular flexibility index (Phi) is 4.14. The number of nitrogens with zero attached hydrogens (tertiary/aromatic N) is 2. The van der Waals surface area contributed by atoms with E-state index >= 15 is 0 Å². The maximum atomic E-state index is 12.5. The molecule has 0 bridgehead atoms. The average molecular weight is 312 g/mol. The Bertz CT molecular complexity index is 784. The van der Waals surface area contributed by atoms with Gasteiger partial charge in [-0.1, -0.05) is 6.07 Å². The second-order valence-electron chi connectivity index (χ2n) is 5.84. The van der Waals surface area contributed by atoms with Gasteiger partial charge in [0.1, 0.15) is 5.69 Å². The van der Waals surface area contributed by atoms with Crippen molar-refractivity contribution in [3.63, 3.8) is 0 Å². The number of carbonyl (C=O) groups excluding carboxylic acids is 1. The summed E-state index contributed by atoms with van der Waals surface area (Å²) in [6.45, 7) is 3.26. The standard InChI is InChI=1S/C17H20N4O2/c1-11-8-13(18-2)9-15(19-11)12-6-7-21(10-12)17(23)14-4-3-5-16(22)20-14/h3-5,8-9,12H,6-7,10H2,1-2H3,(H,18,19)(H,20,22)/t12-/m1/s1. The molecule has 120 valence electrons. The number of aromatic nitrogens is 2. The Morgan fingerprint density at radius 2 is 2.22 bits per heavy atom. The van der Waals surface area contributed by atoms with Crippen molar-refractivity contribution in [2.24, 2.45) is 0 Å². The van der Waals surface area contributed by atoms with Crippen LogP contribution in [0.15, 0.2) is 35.1 Å². The van der Waals surface area contributed by atoms with Crippen LogP contribution in [0.3, 0.4) is 0 Å². The smallest absolute Gasteiger partial charge is 0.270 e. The lowest BCUT2D eigenvalue weighted by atomic mass is 10.0. The number of carbonyl (C=O) groups is 1. The minimum Gasteiger partial charge on any atom is -0.388 e. The van der Waals surface area contributed by atoms with Crippen LogP contribution >= 0.6 is 0 Å². The number of nitrogens with one attached hydrogen (secondary N) is 2. The summed E-state index contributed by atoms with van der Waals surface area (Å²) in [7, 11) is 1.88. The van der Waals surface area contributed by atoms with Gasteiger partial charge in [-0.15, -0.1) is 0 Å². The lowest BCUT2D eigenvalue weighted by Crippen LogP contribution is -2.30. The van der Waals surface area contributed by atoms with E-state index in [1.165, 1.54) is 6.07 Å². The highest BCUT2D eigenvalue weighted by atomic mass is 16.2. The largest absolute Gasteiger partial charge is 0.388 e. The summed E-state index contributed by atoms with van der Waals surface area (Å²) in [5.41, 5.74) is 3.08. The van der Waals surface area contributed by atoms with Crippen LogP contribution in [0.1, 0.15) is 34.2 Å². The van der Waals surface area contributed by atoms with Crippen molar-refractivity contribution in [1.29, 1.82) is 0 Å². The maximum absolute atomic E-state index is 12.5. The van der Waals surface area contributed by atoms with Gasteiger partial charge in [-0.05, 0) is 31.5 Å². The number of amides is 1. The molecule has 6 nitrogen and oxygen atoms in total. The Morgan fingerprint density at radius 1 is 1.39 bits per heavy atom. The molecule has 0 spiro atoms. The van der Waals surface area contributed by atoms with E-state index in [4.69, 9.17) is 0 Å². The third kappa shape index (κ3) is 3.26. The zero-order valence-corrected chi connectivity index (χ0v) is 13.3. The number of aromatic amines is 1. The minimum atomic E-state index is -0.259. The van der Waals surface area contributed by atoms with Crippen molar-refractivity contribution in [3.8, 4) is 0 Å². The van der Waals surface area contributed by atoms with Gasteiger partial charge < -0.3 is 15.2 Å². The first-order valence-electron chi connectivity index (χ1n) is 7.72. The molecule has 3 rings (SSSR count). The molecule has 23 heavy (non-hydrogen) atoms. The molecule has 2 aromatic heterocycles. The van der Waals surface area contributed by atoms with E-state index < -0.39 is 0 Å². The van der Waals surface area contributed by atoms with E-state index in [1.807, 2.05) is 26.1 Å². The number of likely N-dealkylation sites (tertiary alicyclic amines) is 1. The Hall–Kier alpha value is -2.63. The first-order chi connectivity index (χ1) is 11.1. The zero-order valence-electron chi connectivity index (χ0n) is 13.3. The van der Waals surface area contributed by atoms with E-state index in [0.717, 1.165) is 23.5 Å². The molecule has 2 aromatic rings. The monoisotopic (exact) mass is 312 g/mol. The molecule has 0 aromatic carbocycles. The van der Waals surface area contributed by atoms with Crippen LogP contribution in [-0.2, 0) is 0 Å². The van der Waals surface area contributed by atoms with Crippen LogP contribution in [0, 0.1) is 6.92 Å². The average Bonchev–Trinajstić information content (AvgIpc) is 3.03. The SMILES string of the molecule is CNc1cc(C)nc([C@@H]2CCN(C(=O)c3cccc(=O)[nH]3)C2)c1. The molecule has 3 heterocycles. The molecule has 2 N–H and O–H groups in total. The molecule has 0 unspecified atom stereocenters. The number of hydrogen-bond donors (Lipinski definition) is 2. The Labute approximate surface area is 134 Å². The van der Waals surface area contributed by atoms with Gasteiger partial charge in [0.05, 0.1) is 0 Å². The summed E-state index contributed by atoms with van der Waals surface area (Å²) in [4.78, 5) is 32.8. The fourth-order valence-corrected chi connectivity index (χ4v) is 2.98. The molecule has 0 radical (unpaired) electrons. The highest BCUT2D eigenvalue weighted by Gasteiger charge is 2.29. The van der Waals surface area contributed by atoms with Gasteiger partial charge in [-0.25, -0.2) is 0 Å². The lowest BCUT2D eigenvalue weighted by Gasteiger charge is -2.16. The summed E-state index contributed by atoms with van der Waals surface area (Å²) in [5.74, 6) is 0.0908. The van der Waals surface area contributed by atoms with Crippen molar-refractivity contribution < 1.29 is 4.79 Å². The zero-order chi connectivity index (χ0) is 16.4. The van der Waals surface area contributed by atoms with Gasteiger partial charge in [0.25, 0.3) is 5.91 Å². The van der Waals surface area contributed by atoms with E-state index in [-0.39, 0.29) is 17.4 Å². The molecule has 0 aliphatic carbocycles. The Morgan fingerprint density at radius 3 is 2.96 bits per heavy atom. The summed E-state index contributed by atoms with van der Waals surface area (Å²) in [6, 6.07) is 8.67. The number of rotatable bonds is 3. The van der Waals surface area contributed by atoms with Crippen LogP contribution in [0.4, 0.5) is 5.69 Å². The Balaban J connectivity index is 1.77. The quantitative estimate of drug-likeness (QED) is 0.905. The molecule has 0 saturated carbocycles. The highest BCUT2D eigenvalue weighted by molar-refractivity contribution is 5.92. The van der Waals surface area contributed by atoms with E-state index in [9.17, 15) is 9.59 Å². The molecule has 1 amide bonds. The second kappa shape index (κ2) is 6.24. The fourth-order valence-electron chi connectivity index (χ4n) is 2.98. The number of anilines is 1. The lowest BCUT2D eigenvalue weighted by molar-refractivity contribution is 0.0784. The highest BCUT2D eigenvalue weighted by Crippen LogP contribution is 2.28. The van der Waals surface area contributed by atoms with Crippen molar-refractivity contribution in [3.05, 3.63) is 57.8 Å². The third-order valence-electron chi connectivity index (χ3n) is 4.15. The predicted octanol–water partition coefficient (Wildman–Crippen LogP) is 1.75. The van der Waals surface area contributed by atoms with E-state index in [0.29, 0.717) is 18.8 Å². The normalized spacial score (nSPS) is 17.3. The van der Waals surface area contributed by atoms with Crippen LogP contribution < -0.4 is 10.9 Å².